The molecule has 1 aliphatic rings. The number of unbranched alkanes of at least 4 members (excludes halogenated alkanes) is 1. The van der Waals surface area contributed by atoms with E-state index in [9.17, 15) is 9.59 Å². The Morgan fingerprint density at radius 3 is 1.84 bits per heavy atom. The Kier molecular flexibility index (Phi) is 14.7. The fourth-order valence-electron chi connectivity index (χ4n) is 4.56. The van der Waals surface area contributed by atoms with Gasteiger partial charge in [-0.15, -0.1) is 37.2 Å². The summed E-state index contributed by atoms with van der Waals surface area (Å²) in [6, 6.07) is 19.7. The largest absolute Gasteiger partial charge is 0.330 e. The highest BCUT2D eigenvalue weighted by molar-refractivity contribution is 6.26. The van der Waals surface area contributed by atoms with Crippen LogP contribution in [0.4, 0.5) is 0 Å². The summed E-state index contributed by atoms with van der Waals surface area (Å²) in [6.07, 6.45) is 3.96. The van der Waals surface area contributed by atoms with Crippen LogP contribution in [0.5, 0.6) is 0 Å². The van der Waals surface area contributed by atoms with E-state index in [1.807, 2.05) is 60.7 Å². The number of amides is 2. The molecule has 37 heavy (non-hydrogen) atoms. The van der Waals surface area contributed by atoms with Crippen molar-refractivity contribution in [1.29, 1.82) is 0 Å². The first-order valence-electron chi connectivity index (χ1n) is 12.3. The number of imide groups is 1. The monoisotopic (exact) mass is 566 g/mol. The molecule has 0 atom stereocenters. The molecule has 0 aliphatic carbocycles. The highest BCUT2D eigenvalue weighted by Gasteiger charge is 2.32. The lowest BCUT2D eigenvalue weighted by Gasteiger charge is -2.28. The molecular formula is C28H37Cl3N4O2. The van der Waals surface area contributed by atoms with Gasteiger partial charge in [0.2, 0.25) is 0 Å². The number of benzene rings is 3. The number of nitrogens with one attached hydrogen (secondary N) is 2. The number of nitrogens with zero attached hydrogens (tertiary/aromatic N) is 1. The van der Waals surface area contributed by atoms with Gasteiger partial charge in [-0.2, -0.15) is 0 Å². The summed E-state index contributed by atoms with van der Waals surface area (Å²) in [5.74, 6) is -0.395. The number of carbonyl (C=O) groups excluding carboxylic acids is 2. The van der Waals surface area contributed by atoms with Gasteiger partial charge in [0.15, 0.2) is 0 Å². The van der Waals surface area contributed by atoms with Gasteiger partial charge in [0, 0.05) is 23.1 Å². The maximum atomic E-state index is 13.2. The highest BCUT2D eigenvalue weighted by atomic mass is 35.5. The van der Waals surface area contributed by atoms with E-state index < -0.39 is 0 Å². The normalized spacial score (nSPS) is 12.1. The maximum absolute atomic E-state index is 13.2. The van der Waals surface area contributed by atoms with Crippen LogP contribution < -0.4 is 16.4 Å². The Bertz CT molecular complexity index is 1120. The molecule has 0 spiro atoms. The van der Waals surface area contributed by atoms with E-state index in [4.69, 9.17) is 5.73 Å². The van der Waals surface area contributed by atoms with Crippen LogP contribution in [0.25, 0.3) is 21.9 Å². The Morgan fingerprint density at radius 2 is 1.19 bits per heavy atom. The van der Waals surface area contributed by atoms with E-state index in [0.29, 0.717) is 17.7 Å². The fraction of sp³-hybridized carbons (Fsp3) is 0.357. The lowest BCUT2D eigenvalue weighted by atomic mass is 9.89. The summed E-state index contributed by atoms with van der Waals surface area (Å²) in [7, 11) is 0. The van der Waals surface area contributed by atoms with Crippen LogP contribution in [0.15, 0.2) is 60.7 Å². The van der Waals surface area contributed by atoms with Gasteiger partial charge in [0.1, 0.15) is 0 Å². The first kappa shape index (κ1) is 32.8. The van der Waals surface area contributed by atoms with Crippen molar-refractivity contribution in [2.75, 3.05) is 39.3 Å². The van der Waals surface area contributed by atoms with Gasteiger partial charge < -0.3 is 16.4 Å². The third-order valence-electron chi connectivity index (χ3n) is 6.33. The second kappa shape index (κ2) is 16.6. The second-order valence-electron chi connectivity index (χ2n) is 8.72. The molecule has 9 heteroatoms. The van der Waals surface area contributed by atoms with E-state index in [1.165, 1.54) is 4.90 Å². The Balaban J connectivity index is 0.00000228. The molecule has 1 aliphatic heterocycles. The minimum atomic E-state index is -0.197. The number of carbonyl (C=O) groups is 2. The Morgan fingerprint density at radius 1 is 0.622 bits per heavy atom. The van der Waals surface area contributed by atoms with Gasteiger partial charge in [-0.25, -0.2) is 0 Å². The number of hydrogen-bond donors (Lipinski definition) is 3. The molecule has 4 N–H and O–H groups in total. The van der Waals surface area contributed by atoms with Crippen molar-refractivity contribution >= 4 is 59.8 Å². The van der Waals surface area contributed by atoms with Crippen LogP contribution in [0.3, 0.4) is 0 Å². The van der Waals surface area contributed by atoms with Gasteiger partial charge >= 0.3 is 0 Å². The van der Waals surface area contributed by atoms with Crippen LogP contribution >= 0.6 is 37.2 Å². The Hall–Kier alpha value is -2.19. The van der Waals surface area contributed by atoms with E-state index >= 15 is 0 Å². The van der Waals surface area contributed by atoms with Crippen molar-refractivity contribution in [2.24, 2.45) is 5.73 Å². The van der Waals surface area contributed by atoms with E-state index in [2.05, 4.69) is 10.6 Å². The molecule has 0 aromatic heterocycles. The van der Waals surface area contributed by atoms with Crippen molar-refractivity contribution in [3.63, 3.8) is 0 Å². The molecule has 3 aromatic carbocycles. The van der Waals surface area contributed by atoms with Crippen molar-refractivity contribution in [3.8, 4) is 11.1 Å². The van der Waals surface area contributed by atoms with Crippen molar-refractivity contribution in [1.82, 2.24) is 15.5 Å². The van der Waals surface area contributed by atoms with E-state index in [1.54, 1.807) is 0 Å². The quantitative estimate of drug-likeness (QED) is 0.198. The zero-order chi connectivity index (χ0) is 23.8. The van der Waals surface area contributed by atoms with Crippen molar-refractivity contribution in [2.45, 2.75) is 25.7 Å². The molecular weight excluding hydrogens is 531 g/mol. The molecule has 0 bridgehead atoms. The minimum absolute atomic E-state index is 0. The summed E-state index contributed by atoms with van der Waals surface area (Å²) in [5, 5.41) is 8.52. The summed E-state index contributed by atoms with van der Waals surface area (Å²) < 4.78 is 0. The molecule has 6 nitrogen and oxygen atoms in total. The highest BCUT2D eigenvalue weighted by Crippen LogP contribution is 2.36. The predicted octanol–water partition coefficient (Wildman–Crippen LogP) is 5.07. The summed E-state index contributed by atoms with van der Waals surface area (Å²) in [4.78, 5) is 27.9. The zero-order valence-corrected chi connectivity index (χ0v) is 23.4. The van der Waals surface area contributed by atoms with Crippen LogP contribution in [0.1, 0.15) is 46.4 Å². The fourth-order valence-corrected chi connectivity index (χ4v) is 4.56. The summed E-state index contributed by atoms with van der Waals surface area (Å²) >= 11 is 0. The molecule has 0 radical (unpaired) electrons. The molecule has 0 fully saturated rings. The average Bonchev–Trinajstić information content (AvgIpc) is 2.87. The van der Waals surface area contributed by atoms with E-state index in [0.717, 1.165) is 80.3 Å². The number of hydrogen-bond acceptors (Lipinski definition) is 5. The van der Waals surface area contributed by atoms with Crippen molar-refractivity contribution < 1.29 is 9.59 Å². The van der Waals surface area contributed by atoms with Gasteiger partial charge in [0.05, 0.1) is 0 Å². The lowest BCUT2D eigenvalue weighted by molar-refractivity contribution is 0.0609. The van der Waals surface area contributed by atoms with Gasteiger partial charge in [-0.1, -0.05) is 48.5 Å². The standard InChI is InChI=1S/C28H34N4O2.3ClH/c29-15-7-18-30-16-4-5-17-31-19-8-20-32-27(33)24-12-6-11-23-22(21-9-2-1-3-10-21)13-14-25(26(23)24)28(32)34;;;/h1-3,6,9-14,30-31H,4-5,7-8,15-20,29H2;3*1H. The van der Waals surface area contributed by atoms with Crippen LogP contribution in [0, 0.1) is 0 Å². The lowest BCUT2D eigenvalue weighted by Crippen LogP contribution is -2.41. The third kappa shape index (κ3) is 7.90. The molecule has 0 saturated heterocycles. The Labute approximate surface area is 238 Å². The predicted molar refractivity (Wildman–Crippen MR) is 160 cm³/mol. The topological polar surface area (TPSA) is 87.5 Å². The molecule has 4 rings (SSSR count). The molecule has 0 unspecified atom stereocenters. The van der Waals surface area contributed by atoms with Crippen LogP contribution in [-0.4, -0.2) is 56.0 Å². The zero-order valence-electron chi connectivity index (χ0n) is 20.9. The van der Waals surface area contributed by atoms with Crippen molar-refractivity contribution in [3.05, 3.63) is 71.8 Å². The minimum Gasteiger partial charge on any atom is -0.330 e. The maximum Gasteiger partial charge on any atom is 0.261 e. The first-order valence-corrected chi connectivity index (χ1v) is 12.3. The summed E-state index contributed by atoms with van der Waals surface area (Å²) in [6.45, 7) is 4.85. The van der Waals surface area contributed by atoms with Crippen LogP contribution in [0.2, 0.25) is 0 Å². The smallest absolute Gasteiger partial charge is 0.261 e. The van der Waals surface area contributed by atoms with Gasteiger partial charge in [0.25, 0.3) is 11.8 Å². The second-order valence-corrected chi connectivity index (χ2v) is 8.72. The van der Waals surface area contributed by atoms with Gasteiger partial charge in [-0.05, 0) is 87.1 Å². The molecule has 3 aromatic rings. The third-order valence-corrected chi connectivity index (χ3v) is 6.33. The van der Waals surface area contributed by atoms with E-state index in [-0.39, 0.29) is 49.0 Å². The SMILES string of the molecule is Cl.Cl.Cl.NCCCNCCCCNCCCN1C(=O)c2cccc3c(-c4ccccc4)ccc(c23)C1=O. The van der Waals surface area contributed by atoms with Gasteiger partial charge in [-0.3, -0.25) is 14.5 Å². The van der Waals surface area contributed by atoms with Crippen LogP contribution in [-0.2, 0) is 0 Å². The summed E-state index contributed by atoms with van der Waals surface area (Å²) in [5.41, 5.74) is 8.82. The number of nitrogens with two attached hydrogens (primary N) is 1. The molecule has 202 valence electrons. The molecule has 2 amide bonds. The number of halogens is 3. The molecule has 1 heterocycles. The first-order chi connectivity index (χ1) is 16.7. The number of rotatable bonds is 13. The molecule has 0 saturated carbocycles. The average molecular weight is 568 g/mol.